The maximum absolute atomic E-state index is 5.12. The van der Waals surface area contributed by atoms with Crippen molar-refractivity contribution in [3.8, 4) is 28.2 Å². The van der Waals surface area contributed by atoms with E-state index in [9.17, 15) is 0 Å². The number of para-hydroxylation sites is 1. The summed E-state index contributed by atoms with van der Waals surface area (Å²) in [6.07, 6.45) is 2.04. The van der Waals surface area contributed by atoms with Crippen LogP contribution in [-0.2, 0) is 0 Å². The molecule has 0 spiro atoms. The number of fused-ring (bicyclic) bond motifs is 7. The fraction of sp³-hybridized carbons (Fsp3) is 0. The van der Waals surface area contributed by atoms with Crippen LogP contribution in [0.2, 0.25) is 0 Å². The van der Waals surface area contributed by atoms with Crippen LogP contribution >= 0.6 is 11.3 Å². The fourth-order valence-electron chi connectivity index (χ4n) is 5.53. The lowest BCUT2D eigenvalue weighted by Gasteiger charge is -2.13. The molecule has 38 heavy (non-hydrogen) atoms. The molecule has 0 atom stereocenters. The van der Waals surface area contributed by atoms with E-state index < -0.39 is 0 Å². The minimum Gasteiger partial charge on any atom is -0.307 e. The Hall–Kier alpha value is -4.80. The van der Waals surface area contributed by atoms with Gasteiger partial charge in [-0.3, -0.25) is 4.98 Å². The van der Waals surface area contributed by atoms with Crippen molar-refractivity contribution in [1.29, 1.82) is 0 Å². The number of pyridine rings is 2. The first-order valence-electron chi connectivity index (χ1n) is 12.7. The minimum absolute atomic E-state index is 0.947. The minimum atomic E-state index is 0.947. The normalized spacial score (nSPS) is 11.7. The molecule has 4 heterocycles. The van der Waals surface area contributed by atoms with E-state index in [0.29, 0.717) is 0 Å². The summed E-state index contributed by atoms with van der Waals surface area (Å²) in [6, 6.07) is 42.5. The molecule has 0 unspecified atom stereocenters. The molecule has 4 aromatic heterocycles. The van der Waals surface area contributed by atoms with Crippen molar-refractivity contribution in [2.75, 3.05) is 0 Å². The Balaban J connectivity index is 1.54. The third kappa shape index (κ3) is 3.21. The Bertz CT molecular complexity index is 2070. The molecule has 4 heteroatoms. The second-order valence-electron chi connectivity index (χ2n) is 9.47. The van der Waals surface area contributed by atoms with Crippen LogP contribution in [-0.4, -0.2) is 14.5 Å². The zero-order chi connectivity index (χ0) is 25.1. The number of rotatable bonds is 3. The van der Waals surface area contributed by atoms with Crippen molar-refractivity contribution in [2.24, 2.45) is 0 Å². The van der Waals surface area contributed by atoms with Crippen LogP contribution in [0, 0.1) is 0 Å². The molecule has 178 valence electrons. The zero-order valence-electron chi connectivity index (χ0n) is 20.4. The summed E-state index contributed by atoms with van der Waals surface area (Å²) in [4.78, 5) is 10.1. The van der Waals surface area contributed by atoms with E-state index in [0.717, 1.165) is 50.1 Å². The van der Waals surface area contributed by atoms with Gasteiger partial charge >= 0.3 is 0 Å². The molecule has 0 amide bonds. The summed E-state index contributed by atoms with van der Waals surface area (Å²) >= 11 is 1.80. The number of hydrogen-bond donors (Lipinski definition) is 0. The number of hydrogen-bond acceptors (Lipinski definition) is 3. The van der Waals surface area contributed by atoms with Gasteiger partial charge in [0.1, 0.15) is 0 Å². The number of benzene rings is 4. The van der Waals surface area contributed by atoms with Gasteiger partial charge in [-0.15, -0.1) is 11.3 Å². The average molecular weight is 504 g/mol. The molecule has 3 nitrogen and oxygen atoms in total. The number of nitrogens with zero attached hydrogens (tertiary/aromatic N) is 3. The lowest BCUT2D eigenvalue weighted by atomic mass is 10.1. The van der Waals surface area contributed by atoms with Crippen LogP contribution in [0.5, 0.6) is 0 Å². The molecule has 8 rings (SSSR count). The Morgan fingerprint density at radius 3 is 1.89 bits per heavy atom. The molecular weight excluding hydrogens is 482 g/mol. The van der Waals surface area contributed by atoms with E-state index in [1.165, 1.54) is 20.2 Å². The molecule has 0 saturated heterocycles. The molecule has 0 aliphatic carbocycles. The first-order valence-corrected chi connectivity index (χ1v) is 13.5. The lowest BCUT2D eigenvalue weighted by molar-refractivity contribution is 1.16. The highest BCUT2D eigenvalue weighted by atomic mass is 32.1. The Labute approximate surface area is 223 Å². The third-order valence-electron chi connectivity index (χ3n) is 7.23. The van der Waals surface area contributed by atoms with E-state index in [1.807, 2.05) is 18.3 Å². The van der Waals surface area contributed by atoms with E-state index >= 15 is 0 Å². The molecule has 0 radical (unpaired) electrons. The highest BCUT2D eigenvalue weighted by molar-refractivity contribution is 7.26. The summed E-state index contributed by atoms with van der Waals surface area (Å²) in [5.41, 5.74) is 8.47. The van der Waals surface area contributed by atoms with Gasteiger partial charge in [0, 0.05) is 38.2 Å². The van der Waals surface area contributed by atoms with Crippen molar-refractivity contribution < 1.29 is 0 Å². The van der Waals surface area contributed by atoms with Crippen molar-refractivity contribution in [2.45, 2.75) is 0 Å². The summed E-state index contributed by atoms with van der Waals surface area (Å²) in [5.74, 6) is 0. The summed E-state index contributed by atoms with van der Waals surface area (Å²) in [6.45, 7) is 0. The molecule has 4 aromatic carbocycles. The maximum Gasteiger partial charge on any atom is 0.0971 e. The van der Waals surface area contributed by atoms with Gasteiger partial charge < -0.3 is 4.57 Å². The van der Waals surface area contributed by atoms with E-state index in [1.54, 1.807) is 11.3 Å². The van der Waals surface area contributed by atoms with Crippen molar-refractivity contribution >= 4 is 53.4 Å². The molecule has 0 saturated carbocycles. The highest BCUT2D eigenvalue weighted by Crippen LogP contribution is 2.42. The van der Waals surface area contributed by atoms with E-state index in [2.05, 4.69) is 114 Å². The van der Waals surface area contributed by atoms with Gasteiger partial charge in [-0.1, -0.05) is 97.1 Å². The van der Waals surface area contributed by atoms with Crippen LogP contribution < -0.4 is 0 Å². The van der Waals surface area contributed by atoms with Crippen LogP contribution in [0.3, 0.4) is 0 Å². The van der Waals surface area contributed by atoms with Gasteiger partial charge in [0.2, 0.25) is 0 Å². The van der Waals surface area contributed by atoms with Gasteiger partial charge in [-0.25, -0.2) is 4.98 Å². The molecule has 8 aromatic rings. The Morgan fingerprint density at radius 1 is 0.579 bits per heavy atom. The van der Waals surface area contributed by atoms with Crippen molar-refractivity contribution in [1.82, 2.24) is 14.5 Å². The monoisotopic (exact) mass is 503 g/mol. The second kappa shape index (κ2) is 8.37. The quantitative estimate of drug-likeness (QED) is 0.240. The molecule has 0 fully saturated rings. The summed E-state index contributed by atoms with van der Waals surface area (Å²) in [5, 5.41) is 3.68. The van der Waals surface area contributed by atoms with Crippen LogP contribution in [0.15, 0.2) is 128 Å². The zero-order valence-corrected chi connectivity index (χ0v) is 21.2. The number of aromatic nitrogens is 3. The fourth-order valence-corrected chi connectivity index (χ4v) is 6.61. The summed E-state index contributed by atoms with van der Waals surface area (Å²) < 4.78 is 4.86. The second-order valence-corrected chi connectivity index (χ2v) is 10.6. The third-order valence-corrected chi connectivity index (χ3v) is 8.33. The lowest BCUT2D eigenvalue weighted by Crippen LogP contribution is -1.98. The van der Waals surface area contributed by atoms with Crippen LogP contribution in [0.25, 0.3) is 70.3 Å². The van der Waals surface area contributed by atoms with Gasteiger partial charge in [0.15, 0.2) is 0 Å². The molecular formula is C34H21N3S. The topological polar surface area (TPSA) is 30.7 Å². The van der Waals surface area contributed by atoms with Crippen molar-refractivity contribution in [3.05, 3.63) is 128 Å². The number of thiophene rings is 1. The largest absolute Gasteiger partial charge is 0.307 e. The standard InChI is InChI=1S/C34H21N3S/c1-3-11-22(12-4-1)27-19-24(20-28(36-27)23-13-5-2-6-14-23)37-29-17-9-7-15-25(29)33-34(37)32-26-16-8-10-18-30(26)38-31(32)21-35-33/h1-21H. The SMILES string of the molecule is c1ccc(-c2cc(-n3c4ccccc4c4ncc5sc6ccccc6c5c43)cc(-c3ccccc3)n2)cc1. The van der Waals surface area contributed by atoms with Gasteiger partial charge in [0.25, 0.3) is 0 Å². The van der Waals surface area contributed by atoms with Crippen LogP contribution in [0.4, 0.5) is 0 Å². The van der Waals surface area contributed by atoms with Crippen molar-refractivity contribution in [3.63, 3.8) is 0 Å². The van der Waals surface area contributed by atoms with Gasteiger partial charge in [-0.05, 0) is 24.3 Å². The summed E-state index contributed by atoms with van der Waals surface area (Å²) in [7, 11) is 0. The molecule has 0 bridgehead atoms. The molecule has 0 aliphatic rings. The molecule has 0 N–H and O–H groups in total. The predicted octanol–water partition coefficient (Wildman–Crippen LogP) is 9.28. The van der Waals surface area contributed by atoms with Gasteiger partial charge in [-0.2, -0.15) is 0 Å². The highest BCUT2D eigenvalue weighted by Gasteiger charge is 2.20. The first kappa shape index (κ1) is 21.3. The van der Waals surface area contributed by atoms with Crippen LogP contribution in [0.1, 0.15) is 0 Å². The van der Waals surface area contributed by atoms with E-state index in [4.69, 9.17) is 9.97 Å². The molecule has 0 aliphatic heterocycles. The first-order chi connectivity index (χ1) is 18.8. The smallest absolute Gasteiger partial charge is 0.0971 e. The Kier molecular flexibility index (Phi) is 4.69. The van der Waals surface area contributed by atoms with Gasteiger partial charge in [0.05, 0.1) is 38.3 Å². The predicted molar refractivity (Wildman–Crippen MR) is 160 cm³/mol. The Morgan fingerprint density at radius 2 is 1.18 bits per heavy atom. The van der Waals surface area contributed by atoms with E-state index in [-0.39, 0.29) is 0 Å². The maximum atomic E-state index is 5.12. The average Bonchev–Trinajstić information content (AvgIpc) is 3.53.